The van der Waals surface area contributed by atoms with Crippen LogP contribution in [0.1, 0.15) is 10.5 Å². The van der Waals surface area contributed by atoms with Crippen LogP contribution in [0.25, 0.3) is 10.9 Å². The third-order valence-electron chi connectivity index (χ3n) is 2.26. The summed E-state index contributed by atoms with van der Waals surface area (Å²) in [7, 11) is 0. The summed E-state index contributed by atoms with van der Waals surface area (Å²) in [5.41, 5.74) is 0.152. The van der Waals surface area contributed by atoms with E-state index in [4.69, 9.17) is 9.84 Å². The number of hydrogen-bond acceptors (Lipinski definition) is 3. The number of nitrogens with zero attached hydrogens (tertiary/aromatic N) is 1. The Morgan fingerprint density at radius 1 is 1.39 bits per heavy atom. The zero-order valence-electron chi connectivity index (χ0n) is 9.14. The Morgan fingerprint density at radius 3 is 2.78 bits per heavy atom. The predicted octanol–water partition coefficient (Wildman–Crippen LogP) is 2.58. The molecule has 0 amide bonds. The van der Waals surface area contributed by atoms with E-state index in [0.29, 0.717) is 10.9 Å². The van der Waals surface area contributed by atoms with Crippen molar-refractivity contribution in [3.63, 3.8) is 0 Å². The Labute approximate surface area is 101 Å². The molecule has 0 aliphatic carbocycles. The predicted molar refractivity (Wildman–Crippen MR) is 60.2 cm³/mol. The summed E-state index contributed by atoms with van der Waals surface area (Å²) in [6, 6.07) is 7.75. The number of carboxylic acid groups (broad SMARTS) is 1. The van der Waals surface area contributed by atoms with Gasteiger partial charge in [0.25, 0.3) is 6.43 Å². The highest BCUT2D eigenvalue weighted by molar-refractivity contribution is 5.93. The Balaban J connectivity index is 2.50. The van der Waals surface area contributed by atoms with Crippen LogP contribution in [0.15, 0.2) is 30.3 Å². The van der Waals surface area contributed by atoms with Crippen molar-refractivity contribution in [2.45, 2.75) is 6.43 Å². The fourth-order valence-corrected chi connectivity index (χ4v) is 1.53. The van der Waals surface area contributed by atoms with Gasteiger partial charge in [-0.3, -0.25) is 0 Å². The standard InChI is InChI=1S/C12H9F2NO3/c13-11(14)6-18-10-5-9(12(16)17)15-8-4-2-1-3-7(8)10/h1-5,11H,6H2,(H,16,17). The van der Waals surface area contributed by atoms with Gasteiger partial charge in [-0.05, 0) is 12.1 Å². The molecule has 4 nitrogen and oxygen atoms in total. The van der Waals surface area contributed by atoms with Crippen LogP contribution in [0, 0.1) is 0 Å². The largest absolute Gasteiger partial charge is 0.487 e. The van der Waals surface area contributed by atoms with Gasteiger partial charge in [-0.15, -0.1) is 0 Å². The van der Waals surface area contributed by atoms with E-state index in [1.54, 1.807) is 24.3 Å². The molecule has 2 rings (SSSR count). The van der Waals surface area contributed by atoms with Crippen molar-refractivity contribution in [2.24, 2.45) is 0 Å². The number of alkyl halides is 2. The van der Waals surface area contributed by atoms with Crippen molar-refractivity contribution in [2.75, 3.05) is 6.61 Å². The van der Waals surface area contributed by atoms with Gasteiger partial charge in [0.2, 0.25) is 0 Å². The van der Waals surface area contributed by atoms with Crippen LogP contribution in [-0.2, 0) is 0 Å². The normalized spacial score (nSPS) is 10.8. The fraction of sp³-hybridized carbons (Fsp3) is 0.167. The monoisotopic (exact) mass is 253 g/mol. The molecule has 6 heteroatoms. The second-order valence-corrected chi connectivity index (χ2v) is 3.53. The molecule has 0 saturated heterocycles. The first-order chi connectivity index (χ1) is 8.58. The summed E-state index contributed by atoms with van der Waals surface area (Å²) in [4.78, 5) is 14.8. The van der Waals surface area contributed by atoms with E-state index >= 15 is 0 Å². The zero-order chi connectivity index (χ0) is 13.1. The SMILES string of the molecule is O=C(O)c1cc(OCC(F)F)c2ccccc2n1. The highest BCUT2D eigenvalue weighted by atomic mass is 19.3. The molecule has 0 unspecified atom stereocenters. The van der Waals surface area contributed by atoms with Gasteiger partial charge >= 0.3 is 5.97 Å². The molecule has 0 saturated carbocycles. The van der Waals surface area contributed by atoms with Crippen LogP contribution >= 0.6 is 0 Å². The molecule has 1 heterocycles. The molecule has 0 aliphatic heterocycles. The van der Waals surface area contributed by atoms with Crippen molar-refractivity contribution in [3.8, 4) is 5.75 Å². The van der Waals surface area contributed by atoms with E-state index in [1.807, 2.05) is 0 Å². The number of carboxylic acids is 1. The number of halogens is 2. The molecule has 18 heavy (non-hydrogen) atoms. The second kappa shape index (κ2) is 4.95. The number of pyridine rings is 1. The lowest BCUT2D eigenvalue weighted by atomic mass is 10.2. The molecular weight excluding hydrogens is 244 g/mol. The van der Waals surface area contributed by atoms with E-state index in [2.05, 4.69) is 4.98 Å². The summed E-state index contributed by atoms with van der Waals surface area (Å²) in [6.07, 6.45) is -2.62. The summed E-state index contributed by atoms with van der Waals surface area (Å²) in [5.74, 6) is -1.14. The summed E-state index contributed by atoms with van der Waals surface area (Å²) in [5, 5.41) is 9.38. The van der Waals surface area contributed by atoms with E-state index in [9.17, 15) is 13.6 Å². The molecule has 1 aromatic heterocycles. The summed E-state index contributed by atoms with van der Waals surface area (Å²) in [6.45, 7) is -0.785. The van der Waals surface area contributed by atoms with Crippen molar-refractivity contribution >= 4 is 16.9 Å². The van der Waals surface area contributed by atoms with Gasteiger partial charge < -0.3 is 9.84 Å². The van der Waals surface area contributed by atoms with Crippen molar-refractivity contribution < 1.29 is 23.4 Å². The molecule has 1 N–H and O–H groups in total. The molecule has 0 spiro atoms. The van der Waals surface area contributed by atoms with E-state index < -0.39 is 19.0 Å². The lowest BCUT2D eigenvalue weighted by molar-refractivity contribution is 0.0689. The number of fused-ring (bicyclic) bond motifs is 1. The van der Waals surface area contributed by atoms with Crippen molar-refractivity contribution in [1.29, 1.82) is 0 Å². The number of rotatable bonds is 4. The number of hydrogen-bond donors (Lipinski definition) is 1. The molecule has 0 aliphatic rings. The molecule has 0 radical (unpaired) electrons. The van der Waals surface area contributed by atoms with Crippen LogP contribution in [0.3, 0.4) is 0 Å². The van der Waals surface area contributed by atoms with Gasteiger partial charge in [0, 0.05) is 11.5 Å². The smallest absolute Gasteiger partial charge is 0.354 e. The Hall–Kier alpha value is -2.24. The van der Waals surface area contributed by atoms with Gasteiger partial charge in [-0.25, -0.2) is 18.6 Å². The molecule has 1 aromatic carbocycles. The van der Waals surface area contributed by atoms with Crippen LogP contribution in [0.4, 0.5) is 8.78 Å². The van der Waals surface area contributed by atoms with Gasteiger partial charge in [0.15, 0.2) is 5.69 Å². The molecule has 0 bridgehead atoms. The number of aromatic carboxylic acids is 1. The van der Waals surface area contributed by atoms with Gasteiger partial charge in [-0.1, -0.05) is 12.1 Å². The lowest BCUT2D eigenvalue weighted by Gasteiger charge is -2.09. The average molecular weight is 253 g/mol. The fourth-order valence-electron chi connectivity index (χ4n) is 1.53. The number of para-hydroxylation sites is 1. The summed E-state index contributed by atoms with van der Waals surface area (Å²) < 4.78 is 29.2. The van der Waals surface area contributed by atoms with Crippen LogP contribution in [-0.4, -0.2) is 29.1 Å². The quantitative estimate of drug-likeness (QED) is 0.909. The van der Waals surface area contributed by atoms with Crippen LogP contribution in [0.2, 0.25) is 0 Å². The number of ether oxygens (including phenoxy) is 1. The first kappa shape index (κ1) is 12.2. The molecular formula is C12H9F2NO3. The molecule has 94 valence electrons. The maximum absolute atomic E-state index is 12.1. The topological polar surface area (TPSA) is 59.4 Å². The highest BCUT2D eigenvalue weighted by Gasteiger charge is 2.13. The van der Waals surface area contributed by atoms with Crippen LogP contribution < -0.4 is 4.74 Å². The average Bonchev–Trinajstić information content (AvgIpc) is 2.35. The highest BCUT2D eigenvalue weighted by Crippen LogP contribution is 2.25. The minimum absolute atomic E-state index is 0.0956. The third-order valence-corrected chi connectivity index (χ3v) is 2.26. The maximum Gasteiger partial charge on any atom is 0.354 e. The second-order valence-electron chi connectivity index (χ2n) is 3.53. The van der Waals surface area contributed by atoms with Crippen molar-refractivity contribution in [1.82, 2.24) is 4.98 Å². The van der Waals surface area contributed by atoms with E-state index in [1.165, 1.54) is 0 Å². The number of benzene rings is 1. The van der Waals surface area contributed by atoms with Gasteiger partial charge in [-0.2, -0.15) is 0 Å². The molecule has 0 atom stereocenters. The van der Waals surface area contributed by atoms with E-state index in [0.717, 1.165) is 6.07 Å². The third kappa shape index (κ3) is 2.53. The Morgan fingerprint density at radius 2 is 2.11 bits per heavy atom. The number of carbonyl (C=O) groups is 1. The lowest BCUT2D eigenvalue weighted by Crippen LogP contribution is -2.09. The zero-order valence-corrected chi connectivity index (χ0v) is 9.14. The Bertz CT molecular complexity index is 587. The van der Waals surface area contributed by atoms with Gasteiger partial charge in [0.05, 0.1) is 5.52 Å². The minimum atomic E-state index is -2.62. The summed E-state index contributed by atoms with van der Waals surface area (Å²) >= 11 is 0. The molecule has 0 fully saturated rings. The number of aromatic nitrogens is 1. The first-order valence-electron chi connectivity index (χ1n) is 5.12. The van der Waals surface area contributed by atoms with E-state index in [-0.39, 0.29) is 11.4 Å². The van der Waals surface area contributed by atoms with Crippen molar-refractivity contribution in [3.05, 3.63) is 36.0 Å². The Kier molecular flexibility index (Phi) is 3.36. The van der Waals surface area contributed by atoms with Crippen LogP contribution in [0.5, 0.6) is 5.75 Å². The maximum atomic E-state index is 12.1. The first-order valence-corrected chi connectivity index (χ1v) is 5.12. The minimum Gasteiger partial charge on any atom is -0.487 e. The molecule has 2 aromatic rings. The van der Waals surface area contributed by atoms with Gasteiger partial charge in [0.1, 0.15) is 12.4 Å².